The third-order valence-electron chi connectivity index (χ3n) is 7.00. The molecule has 4 atom stereocenters. The molecule has 0 aromatic heterocycles. The molecule has 1 unspecified atom stereocenters. The number of amides is 2. The number of ether oxygens (including phenoxy) is 1. The Kier molecular flexibility index (Phi) is 4.96. The van der Waals surface area contributed by atoms with Crippen LogP contribution in [0.15, 0.2) is 77.9 Å². The molecule has 0 aliphatic carbocycles. The van der Waals surface area contributed by atoms with Gasteiger partial charge in [-0.15, -0.1) is 0 Å². The Morgan fingerprint density at radius 3 is 2.43 bits per heavy atom. The van der Waals surface area contributed by atoms with E-state index in [9.17, 15) is 14.4 Å². The molecule has 3 heterocycles. The number of anilines is 1. The number of rotatable bonds is 4. The van der Waals surface area contributed by atoms with E-state index in [1.54, 1.807) is 66.9 Å². The van der Waals surface area contributed by atoms with E-state index < -0.39 is 29.8 Å². The standard InChI is InChI=1S/C27H20ClN3O4/c1-35-19-11-9-15(10-12-19)25(32)24-22-21(23-20-8-3-2-5-16(20)14-29-31(23)24)26(33)30(27(22)34)18-7-4-6-17(28)13-18/h2-14,21-24H,1H3/t21-,22+,23?,24-/m0/s1. The lowest BCUT2D eigenvalue weighted by molar-refractivity contribution is -0.124. The highest BCUT2D eigenvalue weighted by molar-refractivity contribution is 6.31. The summed E-state index contributed by atoms with van der Waals surface area (Å²) in [7, 11) is 1.55. The highest BCUT2D eigenvalue weighted by Crippen LogP contribution is 2.53. The molecule has 2 amide bonds. The van der Waals surface area contributed by atoms with Crippen LogP contribution >= 0.6 is 11.6 Å². The monoisotopic (exact) mass is 485 g/mol. The summed E-state index contributed by atoms with van der Waals surface area (Å²) in [5.41, 5.74) is 2.56. The molecule has 0 N–H and O–H groups in total. The lowest BCUT2D eigenvalue weighted by Gasteiger charge is -2.33. The molecule has 0 bridgehead atoms. The summed E-state index contributed by atoms with van der Waals surface area (Å²) in [6.07, 6.45) is 1.69. The lowest BCUT2D eigenvalue weighted by atomic mass is 9.83. The molecule has 3 aliphatic rings. The van der Waals surface area contributed by atoms with E-state index >= 15 is 0 Å². The Balaban J connectivity index is 1.48. The maximum absolute atomic E-state index is 13.8. The molecule has 8 heteroatoms. The van der Waals surface area contributed by atoms with Crippen molar-refractivity contribution in [3.05, 3.63) is 94.5 Å². The SMILES string of the molecule is COc1ccc(C(=O)[C@@H]2[C@@H]3C(=O)N(c4cccc(Cl)c4)C(=O)[C@@H]3C3c4ccccc4C=NN32)cc1. The number of nitrogens with zero attached hydrogens (tertiary/aromatic N) is 3. The third-order valence-corrected chi connectivity index (χ3v) is 7.24. The van der Waals surface area contributed by atoms with Crippen LogP contribution in [-0.2, 0) is 9.59 Å². The molecule has 35 heavy (non-hydrogen) atoms. The van der Waals surface area contributed by atoms with Crippen LogP contribution in [0.5, 0.6) is 5.75 Å². The number of imide groups is 1. The maximum Gasteiger partial charge on any atom is 0.240 e. The molecule has 7 nitrogen and oxygen atoms in total. The number of ketones is 1. The molecule has 6 rings (SSSR count). The molecule has 0 spiro atoms. The second kappa shape index (κ2) is 8.06. The first kappa shape index (κ1) is 21.6. The molecule has 2 saturated heterocycles. The van der Waals surface area contributed by atoms with Crippen molar-refractivity contribution >= 4 is 41.1 Å². The van der Waals surface area contributed by atoms with Gasteiger partial charge in [-0.25, -0.2) is 4.90 Å². The Labute approximate surface area is 206 Å². The number of methoxy groups -OCH3 is 1. The van der Waals surface area contributed by atoms with Crippen molar-refractivity contribution in [2.45, 2.75) is 12.1 Å². The fourth-order valence-corrected chi connectivity index (χ4v) is 5.65. The first-order valence-electron chi connectivity index (χ1n) is 11.2. The van der Waals surface area contributed by atoms with Gasteiger partial charge < -0.3 is 4.74 Å². The minimum Gasteiger partial charge on any atom is -0.497 e. The van der Waals surface area contributed by atoms with Crippen molar-refractivity contribution in [1.29, 1.82) is 0 Å². The number of Topliss-reactive ketones (excluding diaryl/α,β-unsaturated/α-hetero) is 1. The van der Waals surface area contributed by atoms with Crippen LogP contribution in [0.1, 0.15) is 27.5 Å². The van der Waals surface area contributed by atoms with Gasteiger partial charge in [0.25, 0.3) is 0 Å². The zero-order valence-electron chi connectivity index (χ0n) is 18.7. The number of carbonyl (C=O) groups excluding carboxylic acids is 3. The van der Waals surface area contributed by atoms with E-state index in [2.05, 4.69) is 5.10 Å². The quantitative estimate of drug-likeness (QED) is 0.410. The maximum atomic E-state index is 13.8. The highest BCUT2D eigenvalue weighted by Gasteiger charge is 2.65. The van der Waals surface area contributed by atoms with Gasteiger partial charge in [-0.3, -0.25) is 19.4 Å². The predicted octanol–water partition coefficient (Wildman–Crippen LogP) is 4.11. The third kappa shape index (κ3) is 3.19. The Morgan fingerprint density at radius 2 is 1.69 bits per heavy atom. The summed E-state index contributed by atoms with van der Waals surface area (Å²) in [5.74, 6) is -2.06. The van der Waals surface area contributed by atoms with Gasteiger partial charge in [0.1, 0.15) is 11.8 Å². The van der Waals surface area contributed by atoms with Crippen LogP contribution in [0.3, 0.4) is 0 Å². The molecule has 0 saturated carbocycles. The Hall–Kier alpha value is -3.97. The predicted molar refractivity (Wildman–Crippen MR) is 131 cm³/mol. The second-order valence-electron chi connectivity index (χ2n) is 8.78. The van der Waals surface area contributed by atoms with Gasteiger partial charge in [0.2, 0.25) is 11.8 Å². The van der Waals surface area contributed by atoms with Gasteiger partial charge >= 0.3 is 0 Å². The molecule has 3 aliphatic heterocycles. The highest BCUT2D eigenvalue weighted by atomic mass is 35.5. The Bertz CT molecular complexity index is 1400. The van der Waals surface area contributed by atoms with Crippen molar-refractivity contribution in [3.63, 3.8) is 0 Å². The topological polar surface area (TPSA) is 79.3 Å². The molecule has 174 valence electrons. The molecule has 3 aromatic carbocycles. The number of hydrazone groups is 1. The fourth-order valence-electron chi connectivity index (χ4n) is 5.46. The second-order valence-corrected chi connectivity index (χ2v) is 9.22. The number of benzene rings is 3. The van der Waals surface area contributed by atoms with E-state index in [0.29, 0.717) is 22.0 Å². The smallest absolute Gasteiger partial charge is 0.240 e. The van der Waals surface area contributed by atoms with E-state index in [0.717, 1.165) is 11.1 Å². The van der Waals surface area contributed by atoms with Gasteiger partial charge in [-0.05, 0) is 53.6 Å². The van der Waals surface area contributed by atoms with Crippen LogP contribution < -0.4 is 9.64 Å². The average Bonchev–Trinajstić information content (AvgIpc) is 3.36. The summed E-state index contributed by atoms with van der Waals surface area (Å²) < 4.78 is 5.21. The molecular formula is C27H20ClN3O4. The number of hydrogen-bond donors (Lipinski definition) is 0. The van der Waals surface area contributed by atoms with E-state index in [1.807, 2.05) is 24.3 Å². The van der Waals surface area contributed by atoms with Crippen molar-refractivity contribution in [3.8, 4) is 5.75 Å². The van der Waals surface area contributed by atoms with E-state index in [1.165, 1.54) is 4.90 Å². The number of hydrogen-bond acceptors (Lipinski definition) is 6. The first-order valence-corrected chi connectivity index (χ1v) is 11.6. The summed E-state index contributed by atoms with van der Waals surface area (Å²) in [6.45, 7) is 0. The van der Waals surface area contributed by atoms with Gasteiger partial charge in [0, 0.05) is 10.6 Å². The van der Waals surface area contributed by atoms with E-state index in [4.69, 9.17) is 16.3 Å². The van der Waals surface area contributed by atoms with Gasteiger partial charge in [-0.2, -0.15) is 5.10 Å². The average molecular weight is 486 g/mol. The van der Waals surface area contributed by atoms with Crippen molar-refractivity contribution < 1.29 is 19.1 Å². The minimum absolute atomic E-state index is 0.268. The first-order chi connectivity index (χ1) is 17.0. The van der Waals surface area contributed by atoms with Crippen molar-refractivity contribution in [1.82, 2.24) is 5.01 Å². The summed E-state index contributed by atoms with van der Waals surface area (Å²) in [4.78, 5) is 42.7. The zero-order valence-corrected chi connectivity index (χ0v) is 19.4. The molecule has 3 aromatic rings. The van der Waals surface area contributed by atoms with Gasteiger partial charge in [-0.1, -0.05) is 41.9 Å². The van der Waals surface area contributed by atoms with Gasteiger partial charge in [0.05, 0.1) is 36.9 Å². The lowest BCUT2D eigenvalue weighted by Crippen LogP contribution is -2.44. The number of carbonyl (C=O) groups is 3. The van der Waals surface area contributed by atoms with Crippen molar-refractivity contribution in [2.75, 3.05) is 12.0 Å². The molecule has 0 radical (unpaired) electrons. The summed E-state index contributed by atoms with van der Waals surface area (Å²) in [5, 5.41) is 6.64. The van der Waals surface area contributed by atoms with Crippen LogP contribution in [0, 0.1) is 11.8 Å². The van der Waals surface area contributed by atoms with Gasteiger partial charge in [0.15, 0.2) is 5.78 Å². The summed E-state index contributed by atoms with van der Waals surface area (Å²) in [6, 6.07) is 19.5. The zero-order chi connectivity index (χ0) is 24.3. The van der Waals surface area contributed by atoms with Crippen LogP contribution in [0.2, 0.25) is 5.02 Å². The molecular weight excluding hydrogens is 466 g/mol. The fraction of sp³-hybridized carbons (Fsp3) is 0.185. The van der Waals surface area contributed by atoms with E-state index in [-0.39, 0.29) is 11.7 Å². The number of halogens is 1. The number of fused-ring (bicyclic) bond motifs is 5. The normalized spacial score (nSPS) is 24.3. The summed E-state index contributed by atoms with van der Waals surface area (Å²) >= 11 is 6.16. The largest absolute Gasteiger partial charge is 0.497 e. The van der Waals surface area contributed by atoms with Crippen LogP contribution in [0.4, 0.5) is 5.69 Å². The molecule has 2 fully saturated rings. The minimum atomic E-state index is -0.927. The Morgan fingerprint density at radius 1 is 0.943 bits per heavy atom. The van der Waals surface area contributed by atoms with Crippen molar-refractivity contribution in [2.24, 2.45) is 16.9 Å². The van der Waals surface area contributed by atoms with Crippen LogP contribution in [0.25, 0.3) is 0 Å². The van der Waals surface area contributed by atoms with Crippen LogP contribution in [-0.4, -0.2) is 42.0 Å².